The zero-order valence-corrected chi connectivity index (χ0v) is 23.4. The summed E-state index contributed by atoms with van der Waals surface area (Å²) in [7, 11) is 6.46. The minimum absolute atomic E-state index is 0.0211. The van der Waals surface area contributed by atoms with Crippen molar-refractivity contribution in [3.8, 4) is 17.3 Å². The lowest BCUT2D eigenvalue weighted by Crippen LogP contribution is -2.48. The van der Waals surface area contributed by atoms with Crippen molar-refractivity contribution < 1.29 is 9.53 Å². The minimum atomic E-state index is -0.0211. The predicted molar refractivity (Wildman–Crippen MR) is 154 cm³/mol. The van der Waals surface area contributed by atoms with Crippen LogP contribution in [0.4, 0.5) is 5.82 Å². The number of likely N-dealkylation sites (N-methyl/N-ethyl adjacent to an activating group) is 2. The maximum Gasteiger partial charge on any atom is 0.319 e. The van der Waals surface area contributed by atoms with E-state index in [1.165, 1.54) is 29.2 Å². The first-order valence-electron chi connectivity index (χ1n) is 14.1. The van der Waals surface area contributed by atoms with Gasteiger partial charge in [-0.15, -0.1) is 0 Å². The number of fused-ring (bicyclic) bond motifs is 2. The summed E-state index contributed by atoms with van der Waals surface area (Å²) < 4.78 is 8.49. The summed E-state index contributed by atoms with van der Waals surface area (Å²) in [5.74, 6) is 0.850. The molecule has 3 aliphatic heterocycles. The van der Waals surface area contributed by atoms with E-state index < -0.39 is 0 Å². The van der Waals surface area contributed by atoms with E-state index in [-0.39, 0.29) is 5.91 Å². The monoisotopic (exact) mass is 529 g/mol. The van der Waals surface area contributed by atoms with Gasteiger partial charge in [-0.05, 0) is 63.2 Å². The number of carbonyl (C=O) groups excluding carboxylic acids is 1. The number of likely N-dealkylation sites (tertiary alicyclic amines) is 1. The van der Waals surface area contributed by atoms with Gasteiger partial charge < -0.3 is 28.9 Å². The first kappa shape index (κ1) is 25.8. The van der Waals surface area contributed by atoms with Crippen LogP contribution in [0.5, 0.6) is 6.01 Å². The third kappa shape index (κ3) is 4.89. The normalized spacial score (nSPS) is 20.4. The summed E-state index contributed by atoms with van der Waals surface area (Å²) in [5, 5.41) is 0. The molecule has 0 spiro atoms. The van der Waals surface area contributed by atoms with Gasteiger partial charge in [-0.2, -0.15) is 9.97 Å². The Morgan fingerprint density at radius 2 is 1.92 bits per heavy atom. The molecule has 2 saturated heterocycles. The second-order valence-corrected chi connectivity index (χ2v) is 11.2. The summed E-state index contributed by atoms with van der Waals surface area (Å²) in [6.45, 7) is 10.0. The second-order valence-electron chi connectivity index (χ2n) is 11.2. The number of rotatable bonds is 6. The Morgan fingerprint density at radius 3 is 2.67 bits per heavy atom. The van der Waals surface area contributed by atoms with E-state index in [1.807, 2.05) is 4.90 Å². The number of aryl methyl sites for hydroxylation is 1. The van der Waals surface area contributed by atoms with E-state index in [9.17, 15) is 4.79 Å². The van der Waals surface area contributed by atoms with Crippen LogP contribution in [0, 0.1) is 0 Å². The Morgan fingerprint density at radius 1 is 1.10 bits per heavy atom. The molecule has 1 atom stereocenters. The molecular formula is C30H39N7O2. The van der Waals surface area contributed by atoms with Crippen molar-refractivity contribution >= 4 is 22.8 Å². The van der Waals surface area contributed by atoms with Crippen LogP contribution in [-0.4, -0.2) is 101 Å². The molecule has 0 aliphatic carbocycles. The number of nitrogens with zero attached hydrogens (tertiary/aromatic N) is 7. The zero-order chi connectivity index (χ0) is 27.1. The van der Waals surface area contributed by atoms with E-state index >= 15 is 0 Å². The molecule has 3 aromatic rings. The van der Waals surface area contributed by atoms with Crippen LogP contribution >= 0.6 is 0 Å². The highest BCUT2D eigenvalue weighted by atomic mass is 16.5. The van der Waals surface area contributed by atoms with Crippen LogP contribution in [0.2, 0.25) is 0 Å². The smallest absolute Gasteiger partial charge is 0.319 e. The third-order valence-electron chi connectivity index (χ3n) is 8.72. The highest BCUT2D eigenvalue weighted by Crippen LogP contribution is 2.36. The molecule has 1 aromatic carbocycles. The lowest BCUT2D eigenvalue weighted by atomic mass is 9.93. The fourth-order valence-electron chi connectivity index (χ4n) is 6.34. The van der Waals surface area contributed by atoms with Crippen LogP contribution in [0.3, 0.4) is 0 Å². The summed E-state index contributed by atoms with van der Waals surface area (Å²) in [4.78, 5) is 31.0. The van der Waals surface area contributed by atoms with Crippen molar-refractivity contribution in [1.29, 1.82) is 0 Å². The van der Waals surface area contributed by atoms with Gasteiger partial charge in [-0.25, -0.2) is 0 Å². The average molecular weight is 530 g/mol. The largest absolute Gasteiger partial charge is 0.462 e. The van der Waals surface area contributed by atoms with Gasteiger partial charge in [0.15, 0.2) is 5.82 Å². The minimum Gasteiger partial charge on any atom is -0.462 e. The van der Waals surface area contributed by atoms with Gasteiger partial charge in [0.05, 0.1) is 11.2 Å². The van der Waals surface area contributed by atoms with E-state index in [4.69, 9.17) is 14.7 Å². The van der Waals surface area contributed by atoms with Crippen LogP contribution in [0.25, 0.3) is 22.3 Å². The van der Waals surface area contributed by atoms with E-state index in [0.29, 0.717) is 44.8 Å². The number of anilines is 1. The van der Waals surface area contributed by atoms with Gasteiger partial charge >= 0.3 is 6.01 Å². The van der Waals surface area contributed by atoms with Gasteiger partial charge in [0.2, 0.25) is 5.91 Å². The summed E-state index contributed by atoms with van der Waals surface area (Å²) >= 11 is 0. The molecule has 2 aromatic heterocycles. The van der Waals surface area contributed by atoms with Crippen molar-refractivity contribution in [2.75, 3.05) is 64.9 Å². The Balaban J connectivity index is 1.40. The molecule has 0 unspecified atom stereocenters. The number of hydrogen-bond acceptors (Lipinski definition) is 7. The molecule has 0 N–H and O–H groups in total. The fraction of sp³-hybridized carbons (Fsp3) is 0.500. The number of benzene rings is 1. The van der Waals surface area contributed by atoms with Crippen LogP contribution in [0.15, 0.2) is 36.9 Å². The molecule has 206 valence electrons. The highest BCUT2D eigenvalue weighted by Gasteiger charge is 2.27. The summed E-state index contributed by atoms with van der Waals surface area (Å²) in [6, 6.07) is 9.67. The number of amides is 1. The number of piperazine rings is 1. The molecule has 39 heavy (non-hydrogen) atoms. The summed E-state index contributed by atoms with van der Waals surface area (Å²) in [6.07, 6.45) is 4.79. The van der Waals surface area contributed by atoms with Crippen molar-refractivity contribution in [2.45, 2.75) is 31.8 Å². The molecule has 3 aliphatic rings. The Kier molecular flexibility index (Phi) is 7.03. The first-order valence-corrected chi connectivity index (χ1v) is 14.1. The van der Waals surface area contributed by atoms with Gasteiger partial charge in [-0.1, -0.05) is 24.8 Å². The number of ether oxygens (including phenoxy) is 1. The van der Waals surface area contributed by atoms with Crippen molar-refractivity contribution in [1.82, 2.24) is 29.2 Å². The van der Waals surface area contributed by atoms with E-state index in [2.05, 4.69) is 71.3 Å². The molecular weight excluding hydrogens is 490 g/mol. The van der Waals surface area contributed by atoms with Crippen molar-refractivity contribution in [3.05, 3.63) is 48.0 Å². The predicted octanol–water partition coefficient (Wildman–Crippen LogP) is 2.93. The Labute approximate surface area is 230 Å². The van der Waals surface area contributed by atoms with Crippen LogP contribution in [0.1, 0.15) is 24.0 Å². The topological polar surface area (TPSA) is 70.0 Å². The van der Waals surface area contributed by atoms with Gasteiger partial charge in [0.1, 0.15) is 12.1 Å². The lowest BCUT2D eigenvalue weighted by molar-refractivity contribution is -0.126. The van der Waals surface area contributed by atoms with Crippen molar-refractivity contribution in [2.24, 2.45) is 7.05 Å². The van der Waals surface area contributed by atoms with E-state index in [0.717, 1.165) is 55.0 Å². The quantitative estimate of drug-likeness (QED) is 0.455. The lowest BCUT2D eigenvalue weighted by Gasteiger charge is -2.35. The molecule has 2 fully saturated rings. The molecule has 1 amide bonds. The summed E-state index contributed by atoms with van der Waals surface area (Å²) in [5.41, 5.74) is 7.10. The number of carbonyl (C=O) groups is 1. The molecule has 9 nitrogen and oxygen atoms in total. The standard InChI is InChI=1S/C30H39N7O2/c1-5-27(38)36-14-16-37(17-15-36)29-28-25(31-30(32-29)39-20-22-9-7-12-34(22)3)18-26(35(28)4)23-10-6-8-21-11-13-33(2)19-24(21)23/h5-6,8,10,18,22H,1,7,9,11-17,19-20H2,2-4H3/t22-/m0/s1. The van der Waals surface area contributed by atoms with Crippen molar-refractivity contribution in [3.63, 3.8) is 0 Å². The van der Waals surface area contributed by atoms with Crippen LogP contribution < -0.4 is 9.64 Å². The average Bonchev–Trinajstić information content (AvgIpc) is 3.52. The Hall–Kier alpha value is -3.43. The molecule has 5 heterocycles. The third-order valence-corrected chi connectivity index (χ3v) is 8.72. The molecule has 0 saturated carbocycles. The van der Waals surface area contributed by atoms with E-state index in [1.54, 1.807) is 0 Å². The van der Waals surface area contributed by atoms with Gasteiger partial charge in [0.25, 0.3) is 0 Å². The van der Waals surface area contributed by atoms with Gasteiger partial charge in [-0.3, -0.25) is 4.79 Å². The maximum atomic E-state index is 12.2. The molecule has 0 radical (unpaired) electrons. The second kappa shape index (κ2) is 10.6. The Bertz CT molecular complexity index is 1390. The SMILES string of the molecule is C=CC(=O)N1CCN(c2nc(OC[C@@H]3CCCN3C)nc3cc(-c4cccc5c4CN(C)CC5)n(C)c23)CC1. The molecule has 9 heteroatoms. The fourth-order valence-corrected chi connectivity index (χ4v) is 6.34. The number of aromatic nitrogens is 3. The molecule has 6 rings (SSSR count). The molecule has 0 bridgehead atoms. The maximum absolute atomic E-state index is 12.2. The number of hydrogen-bond donors (Lipinski definition) is 0. The first-order chi connectivity index (χ1) is 18.9. The zero-order valence-electron chi connectivity index (χ0n) is 23.4. The van der Waals surface area contributed by atoms with Gasteiger partial charge in [0, 0.05) is 57.9 Å². The van der Waals surface area contributed by atoms with Crippen LogP contribution in [-0.2, 0) is 24.8 Å². The highest BCUT2D eigenvalue weighted by molar-refractivity contribution is 5.93.